The largest absolute Gasteiger partial charge is 0.508 e. The molecule has 1 saturated heterocycles. The molecule has 1 heterocycles. The molecule has 136 valence electrons. The molecule has 3 aliphatic rings. The topological polar surface area (TPSA) is 23.5 Å². The zero-order valence-electron chi connectivity index (χ0n) is 15.5. The van der Waals surface area contributed by atoms with E-state index in [9.17, 15) is 5.11 Å². The number of aromatic hydroxyl groups is 1. The number of phenols is 1. The van der Waals surface area contributed by atoms with E-state index < -0.39 is 0 Å². The van der Waals surface area contributed by atoms with Gasteiger partial charge in [-0.2, -0.15) is 0 Å². The van der Waals surface area contributed by atoms with Crippen LogP contribution in [0.3, 0.4) is 0 Å². The molecule has 1 N–H and O–H groups in total. The van der Waals surface area contributed by atoms with E-state index in [0.29, 0.717) is 17.2 Å². The van der Waals surface area contributed by atoms with Crippen LogP contribution < -0.4 is 0 Å². The van der Waals surface area contributed by atoms with E-state index in [1.807, 2.05) is 6.07 Å². The number of fused-ring (bicyclic) bond motifs is 1. The Hall–Kier alpha value is -1.80. The molecule has 0 radical (unpaired) electrons. The van der Waals surface area contributed by atoms with Crippen LogP contribution in [0.5, 0.6) is 5.75 Å². The summed E-state index contributed by atoms with van der Waals surface area (Å²) in [6.45, 7) is 2.39. The third kappa shape index (κ3) is 2.58. The maximum Gasteiger partial charge on any atom is 0.115 e. The van der Waals surface area contributed by atoms with E-state index in [1.165, 1.54) is 49.8 Å². The molecule has 2 heteroatoms. The molecule has 2 aromatic carbocycles. The predicted molar refractivity (Wildman–Crippen MR) is 106 cm³/mol. The van der Waals surface area contributed by atoms with Crippen molar-refractivity contribution in [1.82, 2.24) is 4.90 Å². The lowest BCUT2D eigenvalue weighted by atomic mass is 9.52. The van der Waals surface area contributed by atoms with Crippen LogP contribution in [-0.4, -0.2) is 29.1 Å². The number of phenolic OH excluding ortho intramolecular Hbond substituents is 1. The molecule has 0 unspecified atom stereocenters. The van der Waals surface area contributed by atoms with Crippen LogP contribution in [0.1, 0.15) is 48.8 Å². The van der Waals surface area contributed by atoms with Crippen molar-refractivity contribution in [2.75, 3.05) is 13.1 Å². The third-order valence-electron chi connectivity index (χ3n) is 7.46. The van der Waals surface area contributed by atoms with Crippen molar-refractivity contribution in [1.29, 1.82) is 0 Å². The Labute approximate surface area is 156 Å². The number of piperidine rings is 1. The fraction of sp³-hybridized carbons (Fsp3) is 0.500. The van der Waals surface area contributed by atoms with Crippen LogP contribution in [0.25, 0.3) is 0 Å². The van der Waals surface area contributed by atoms with Crippen LogP contribution in [0.2, 0.25) is 0 Å². The van der Waals surface area contributed by atoms with Gasteiger partial charge in [-0.1, -0.05) is 49.2 Å². The summed E-state index contributed by atoms with van der Waals surface area (Å²) in [5, 5.41) is 10.0. The molecule has 2 nitrogen and oxygen atoms in total. The summed E-state index contributed by atoms with van der Waals surface area (Å²) in [7, 11) is 0. The van der Waals surface area contributed by atoms with Gasteiger partial charge in [0.2, 0.25) is 0 Å². The van der Waals surface area contributed by atoms with E-state index >= 15 is 0 Å². The number of hydrogen-bond acceptors (Lipinski definition) is 2. The fourth-order valence-corrected chi connectivity index (χ4v) is 6.30. The second-order valence-electron chi connectivity index (χ2n) is 8.64. The molecule has 1 aliphatic heterocycles. The zero-order chi connectivity index (χ0) is 17.6. The Morgan fingerprint density at radius 3 is 2.81 bits per heavy atom. The van der Waals surface area contributed by atoms with Crippen molar-refractivity contribution in [2.24, 2.45) is 5.92 Å². The van der Waals surface area contributed by atoms with Crippen molar-refractivity contribution < 1.29 is 5.11 Å². The van der Waals surface area contributed by atoms with E-state index in [-0.39, 0.29) is 0 Å². The summed E-state index contributed by atoms with van der Waals surface area (Å²) in [6, 6.07) is 17.8. The quantitative estimate of drug-likeness (QED) is 0.870. The molecule has 3 atom stereocenters. The Kier molecular flexibility index (Phi) is 4.04. The first kappa shape index (κ1) is 16.4. The van der Waals surface area contributed by atoms with Crippen LogP contribution in [0.15, 0.2) is 48.5 Å². The molecule has 2 aromatic rings. The highest BCUT2D eigenvalue weighted by Crippen LogP contribution is 2.56. The average molecular weight is 348 g/mol. The number of nitrogens with zero attached hydrogens (tertiary/aromatic N) is 1. The Morgan fingerprint density at radius 2 is 1.92 bits per heavy atom. The second-order valence-corrected chi connectivity index (χ2v) is 8.64. The minimum Gasteiger partial charge on any atom is -0.508 e. The Morgan fingerprint density at radius 1 is 1.04 bits per heavy atom. The van der Waals surface area contributed by atoms with Gasteiger partial charge in [-0.25, -0.2) is 0 Å². The molecule has 2 aliphatic carbocycles. The summed E-state index contributed by atoms with van der Waals surface area (Å²) in [5.41, 5.74) is 4.81. The molecule has 2 fully saturated rings. The summed E-state index contributed by atoms with van der Waals surface area (Å²) in [4.78, 5) is 2.77. The summed E-state index contributed by atoms with van der Waals surface area (Å²) in [5.74, 6) is 1.24. The molecule has 2 bridgehead atoms. The number of hydrogen-bond donors (Lipinski definition) is 1. The van der Waals surface area contributed by atoms with Gasteiger partial charge in [-0.05, 0) is 73.4 Å². The number of benzene rings is 2. The first-order valence-electron chi connectivity index (χ1n) is 10.4. The van der Waals surface area contributed by atoms with Gasteiger partial charge in [-0.15, -0.1) is 0 Å². The Bertz CT molecular complexity index is 786. The highest BCUT2D eigenvalue weighted by Gasteiger charge is 2.53. The van der Waals surface area contributed by atoms with Gasteiger partial charge in [0.05, 0.1) is 0 Å². The van der Waals surface area contributed by atoms with Crippen molar-refractivity contribution in [3.8, 4) is 5.75 Å². The van der Waals surface area contributed by atoms with Gasteiger partial charge in [0.15, 0.2) is 0 Å². The average Bonchev–Trinajstić information content (AvgIpc) is 2.68. The highest BCUT2D eigenvalue weighted by molar-refractivity contribution is 5.45. The van der Waals surface area contributed by atoms with Gasteiger partial charge in [-0.3, -0.25) is 4.90 Å². The summed E-state index contributed by atoms with van der Waals surface area (Å²) in [6.07, 6.45) is 9.04. The zero-order valence-corrected chi connectivity index (χ0v) is 15.5. The van der Waals surface area contributed by atoms with E-state index in [1.54, 1.807) is 5.56 Å². The maximum atomic E-state index is 10.0. The molecular weight excluding hydrogens is 318 g/mol. The van der Waals surface area contributed by atoms with Gasteiger partial charge in [0.25, 0.3) is 0 Å². The van der Waals surface area contributed by atoms with E-state index in [4.69, 9.17) is 0 Å². The smallest absolute Gasteiger partial charge is 0.115 e. The highest BCUT2D eigenvalue weighted by atomic mass is 16.3. The third-order valence-corrected chi connectivity index (χ3v) is 7.46. The lowest BCUT2D eigenvalue weighted by molar-refractivity contribution is -0.0106. The standard InChI is InChI=1S/C24H29NO/c26-20-9-10-21-19(16-20)17-23-22-8-4-5-12-24(21,22)13-15-25(23)14-11-18-6-2-1-3-7-18/h1-3,6-7,9-10,16,22-23,26H,4-5,8,11-15,17H2/t22-,23+,24-/m0/s1. The molecule has 0 amide bonds. The summed E-state index contributed by atoms with van der Waals surface area (Å²) >= 11 is 0. The van der Waals surface area contributed by atoms with Crippen LogP contribution >= 0.6 is 0 Å². The van der Waals surface area contributed by atoms with Crippen LogP contribution in [-0.2, 0) is 18.3 Å². The van der Waals surface area contributed by atoms with Gasteiger partial charge in [0, 0.05) is 18.0 Å². The lowest BCUT2D eigenvalue weighted by Gasteiger charge is -2.59. The van der Waals surface area contributed by atoms with Crippen molar-refractivity contribution in [3.05, 3.63) is 65.2 Å². The maximum absolute atomic E-state index is 10.0. The summed E-state index contributed by atoms with van der Waals surface area (Å²) < 4.78 is 0. The first-order chi connectivity index (χ1) is 12.8. The molecule has 0 spiro atoms. The van der Waals surface area contributed by atoms with Gasteiger partial charge < -0.3 is 5.11 Å². The van der Waals surface area contributed by atoms with Gasteiger partial charge >= 0.3 is 0 Å². The van der Waals surface area contributed by atoms with Crippen LogP contribution in [0, 0.1) is 5.92 Å². The SMILES string of the molecule is Oc1ccc2c(c1)C[C@@H]1[C@@H]3CCCC[C@]23CCN1CCc1ccccc1. The van der Waals surface area contributed by atoms with Crippen molar-refractivity contribution >= 4 is 0 Å². The van der Waals surface area contributed by atoms with Gasteiger partial charge in [0.1, 0.15) is 5.75 Å². The molecule has 5 rings (SSSR count). The van der Waals surface area contributed by atoms with E-state index in [2.05, 4.69) is 47.4 Å². The van der Waals surface area contributed by atoms with Crippen molar-refractivity contribution in [2.45, 2.75) is 56.4 Å². The molecular formula is C24H29NO. The molecule has 26 heavy (non-hydrogen) atoms. The molecule has 1 saturated carbocycles. The Balaban J connectivity index is 1.45. The monoisotopic (exact) mass is 347 g/mol. The normalized spacial score (nSPS) is 30.5. The van der Waals surface area contributed by atoms with Crippen molar-refractivity contribution in [3.63, 3.8) is 0 Å². The first-order valence-corrected chi connectivity index (χ1v) is 10.4. The number of likely N-dealkylation sites (tertiary alicyclic amines) is 1. The molecule has 0 aromatic heterocycles. The number of rotatable bonds is 3. The van der Waals surface area contributed by atoms with E-state index in [0.717, 1.165) is 25.3 Å². The minimum absolute atomic E-state index is 0.382. The lowest BCUT2D eigenvalue weighted by Crippen LogP contribution is -2.61. The predicted octanol–water partition coefficient (Wildman–Crippen LogP) is 4.69. The minimum atomic E-state index is 0.382. The van der Waals surface area contributed by atoms with Crippen LogP contribution in [0.4, 0.5) is 0 Å². The second kappa shape index (κ2) is 6.42. The fourth-order valence-electron chi connectivity index (χ4n) is 6.30.